The van der Waals surface area contributed by atoms with Crippen LogP contribution in [0.3, 0.4) is 0 Å². The lowest BCUT2D eigenvalue weighted by molar-refractivity contribution is 0.481. The smallest absolute Gasteiger partial charge is 0.241 e. The van der Waals surface area contributed by atoms with Crippen molar-refractivity contribution < 1.29 is 4.43 Å². The van der Waals surface area contributed by atoms with Crippen molar-refractivity contribution in [3.63, 3.8) is 0 Å². The van der Waals surface area contributed by atoms with Crippen molar-refractivity contribution in [2.45, 2.75) is 45.2 Å². The molecule has 0 fully saturated rings. The molecule has 3 heteroatoms. The maximum Gasteiger partial charge on any atom is 0.241 e. The minimum atomic E-state index is -1.35. The topological polar surface area (TPSA) is 9.23 Å². The minimum Gasteiger partial charge on any atom is -0.549 e. The van der Waals surface area contributed by atoms with Crippen molar-refractivity contribution >= 4 is 20.1 Å². The first kappa shape index (κ1) is 12.1. The first-order valence-electron chi connectivity index (χ1n) is 4.21. The van der Waals surface area contributed by atoms with Crippen molar-refractivity contribution in [1.82, 2.24) is 0 Å². The van der Waals surface area contributed by atoms with E-state index in [4.69, 9.17) is 4.43 Å². The molecule has 0 aliphatic heterocycles. The summed E-state index contributed by atoms with van der Waals surface area (Å²) in [4.78, 5) is 0. The van der Waals surface area contributed by atoms with Crippen LogP contribution in [0.5, 0.6) is 0 Å². The van der Waals surface area contributed by atoms with Crippen molar-refractivity contribution in [2.24, 2.45) is 0 Å². The molecule has 0 aromatic heterocycles. The van der Waals surface area contributed by atoms with Crippen molar-refractivity contribution in [2.75, 3.05) is 0 Å². The third-order valence-electron chi connectivity index (χ3n) is 0.899. The van der Waals surface area contributed by atoms with Gasteiger partial charge in [-0.15, -0.1) is 11.8 Å². The number of hydrogen-bond acceptors (Lipinski definition) is 2. The molecular formula is C9H20OSSi. The lowest BCUT2D eigenvalue weighted by Gasteiger charge is -2.17. The van der Waals surface area contributed by atoms with Gasteiger partial charge in [-0.25, -0.2) is 0 Å². The van der Waals surface area contributed by atoms with Crippen LogP contribution in [0.2, 0.25) is 19.6 Å². The first-order valence-corrected chi connectivity index (χ1v) is 8.50. The summed E-state index contributed by atoms with van der Waals surface area (Å²) in [6, 6.07) is 0. The molecule has 0 aliphatic carbocycles. The van der Waals surface area contributed by atoms with Crippen LogP contribution in [0.15, 0.2) is 11.7 Å². The van der Waals surface area contributed by atoms with Crippen molar-refractivity contribution in [3.8, 4) is 0 Å². The molecule has 0 aromatic carbocycles. The van der Waals surface area contributed by atoms with Gasteiger partial charge in [0.15, 0.2) is 0 Å². The van der Waals surface area contributed by atoms with Gasteiger partial charge in [0.1, 0.15) is 0 Å². The van der Waals surface area contributed by atoms with Gasteiger partial charge in [-0.3, -0.25) is 0 Å². The van der Waals surface area contributed by atoms with E-state index in [2.05, 4.69) is 40.4 Å². The van der Waals surface area contributed by atoms with Crippen LogP contribution in [-0.2, 0) is 4.43 Å². The monoisotopic (exact) mass is 204 g/mol. The predicted molar refractivity (Wildman–Crippen MR) is 60.9 cm³/mol. The molecule has 0 atom stereocenters. The molecular weight excluding hydrogens is 184 g/mol. The molecule has 0 radical (unpaired) electrons. The molecule has 0 N–H and O–H groups in total. The second kappa shape index (κ2) is 4.37. The van der Waals surface area contributed by atoms with Crippen LogP contribution in [-0.4, -0.2) is 13.1 Å². The second-order valence-corrected chi connectivity index (χ2v) is 10.9. The van der Waals surface area contributed by atoms with E-state index in [-0.39, 0.29) is 0 Å². The molecule has 72 valence electrons. The Morgan fingerprint density at radius 1 is 1.17 bits per heavy atom. The van der Waals surface area contributed by atoms with Crippen LogP contribution < -0.4 is 0 Å². The van der Waals surface area contributed by atoms with E-state index >= 15 is 0 Å². The van der Waals surface area contributed by atoms with E-state index in [0.717, 1.165) is 0 Å². The van der Waals surface area contributed by atoms with Gasteiger partial charge in [0.25, 0.3) is 0 Å². The Balaban J connectivity index is 3.66. The van der Waals surface area contributed by atoms with Crippen LogP contribution in [0, 0.1) is 0 Å². The third-order valence-corrected chi connectivity index (χ3v) is 2.70. The zero-order valence-electron chi connectivity index (χ0n) is 8.97. The Morgan fingerprint density at radius 2 is 1.67 bits per heavy atom. The number of hydrogen-bond donors (Lipinski definition) is 0. The molecule has 0 spiro atoms. The molecule has 0 heterocycles. The Morgan fingerprint density at radius 3 is 2.00 bits per heavy atom. The maximum absolute atomic E-state index is 5.56. The summed E-state index contributed by atoms with van der Waals surface area (Å²) in [5.74, 6) is 0. The highest BCUT2D eigenvalue weighted by Gasteiger charge is 2.13. The molecule has 0 saturated heterocycles. The Bertz CT molecular complexity index is 135. The normalized spacial score (nSPS) is 13.8. The Hall–Kier alpha value is 0.107. The zero-order chi connectivity index (χ0) is 9.83. The van der Waals surface area contributed by atoms with Gasteiger partial charge in [0, 0.05) is 10.2 Å². The SMILES string of the molecule is CC(C)(C)SC=CO[Si](C)(C)C. The highest BCUT2D eigenvalue weighted by Crippen LogP contribution is 2.24. The molecule has 0 bridgehead atoms. The van der Waals surface area contributed by atoms with Gasteiger partial charge in [-0.2, -0.15) is 0 Å². The summed E-state index contributed by atoms with van der Waals surface area (Å²) >= 11 is 1.79. The number of rotatable bonds is 3. The molecule has 0 rings (SSSR count). The molecule has 0 unspecified atom stereocenters. The number of thioether (sulfide) groups is 1. The van der Waals surface area contributed by atoms with Crippen LogP contribution in [0.4, 0.5) is 0 Å². The Kier molecular flexibility index (Phi) is 4.41. The van der Waals surface area contributed by atoms with Crippen LogP contribution >= 0.6 is 11.8 Å². The highest BCUT2D eigenvalue weighted by atomic mass is 32.2. The molecule has 0 amide bonds. The third kappa shape index (κ3) is 10.1. The van der Waals surface area contributed by atoms with E-state index in [9.17, 15) is 0 Å². The fraction of sp³-hybridized carbons (Fsp3) is 0.778. The average molecular weight is 204 g/mol. The van der Waals surface area contributed by atoms with Gasteiger partial charge < -0.3 is 4.43 Å². The van der Waals surface area contributed by atoms with E-state index in [1.807, 2.05) is 11.7 Å². The van der Waals surface area contributed by atoms with E-state index in [1.165, 1.54) is 0 Å². The van der Waals surface area contributed by atoms with E-state index in [1.54, 1.807) is 11.8 Å². The van der Waals surface area contributed by atoms with Crippen molar-refractivity contribution in [3.05, 3.63) is 11.7 Å². The summed E-state index contributed by atoms with van der Waals surface area (Å²) in [7, 11) is -1.35. The molecule has 0 aliphatic rings. The summed E-state index contributed by atoms with van der Waals surface area (Å²) in [6.45, 7) is 13.1. The second-order valence-electron chi connectivity index (χ2n) is 4.73. The minimum absolute atomic E-state index is 0.291. The largest absolute Gasteiger partial charge is 0.549 e. The summed E-state index contributed by atoms with van der Waals surface area (Å²) in [6.07, 6.45) is 1.84. The first-order chi connectivity index (χ1) is 5.21. The lowest BCUT2D eigenvalue weighted by atomic mass is 10.3. The fourth-order valence-electron chi connectivity index (χ4n) is 0.464. The summed E-state index contributed by atoms with van der Waals surface area (Å²) in [5, 5.41) is 2.04. The summed E-state index contributed by atoms with van der Waals surface area (Å²) in [5.41, 5.74) is 0. The van der Waals surface area contributed by atoms with Gasteiger partial charge in [-0.05, 0) is 19.6 Å². The van der Waals surface area contributed by atoms with E-state index in [0.29, 0.717) is 4.75 Å². The zero-order valence-corrected chi connectivity index (χ0v) is 10.8. The predicted octanol–water partition coefficient (Wildman–Crippen LogP) is 3.84. The van der Waals surface area contributed by atoms with Gasteiger partial charge in [0.2, 0.25) is 8.32 Å². The highest BCUT2D eigenvalue weighted by molar-refractivity contribution is 8.03. The van der Waals surface area contributed by atoms with Crippen LogP contribution in [0.1, 0.15) is 20.8 Å². The molecule has 1 nitrogen and oxygen atoms in total. The van der Waals surface area contributed by atoms with Gasteiger partial charge in [-0.1, -0.05) is 20.8 Å². The standard InChI is InChI=1S/C9H20OSSi/c1-9(2,3)11-8-7-10-12(4,5)6/h7-8H,1-6H3. The molecule has 0 saturated carbocycles. The quantitative estimate of drug-likeness (QED) is 0.510. The Labute approximate surface area is 81.7 Å². The average Bonchev–Trinajstić information content (AvgIpc) is 1.76. The fourth-order valence-corrected chi connectivity index (χ4v) is 1.56. The molecule has 12 heavy (non-hydrogen) atoms. The van der Waals surface area contributed by atoms with E-state index < -0.39 is 8.32 Å². The lowest BCUT2D eigenvalue weighted by Crippen LogP contribution is -2.21. The summed E-state index contributed by atoms with van der Waals surface area (Å²) < 4.78 is 5.85. The molecule has 0 aromatic rings. The maximum atomic E-state index is 5.56. The van der Waals surface area contributed by atoms with Crippen molar-refractivity contribution in [1.29, 1.82) is 0 Å². The van der Waals surface area contributed by atoms with Gasteiger partial charge in [0.05, 0.1) is 6.26 Å². The van der Waals surface area contributed by atoms with Gasteiger partial charge >= 0.3 is 0 Å². The van der Waals surface area contributed by atoms with Crippen LogP contribution in [0.25, 0.3) is 0 Å².